The molecule has 0 bridgehead atoms. The standard InChI is InChI=1S/C26H34F5N5O4/c1-22(2)7-12(18(37)35-22)6-13(8-32)33-19(38)16-15-14(23(15,3)4)9-36(16)20(39)17(34-21(40)26(29,30)31)24(5)10-25(27,28)11-24/h12-17H,6-7,9-11H2,1-5H3,(H,33,38)(H,34,40)(H,35,37)/p-1. The van der Waals surface area contributed by atoms with Gasteiger partial charge in [-0.05, 0) is 55.8 Å². The maximum Gasteiger partial charge on any atom is 0.471 e. The number of hydrogen-bond acceptors (Lipinski definition) is 6. The quantitative estimate of drug-likeness (QED) is 0.448. The summed E-state index contributed by atoms with van der Waals surface area (Å²) in [4.78, 5) is 44.1. The van der Waals surface area contributed by atoms with Crippen LogP contribution in [0.25, 0.3) is 0 Å². The fraction of sp³-hybridized carbons (Fsp3) is 0.808. The van der Waals surface area contributed by atoms with E-state index in [0.29, 0.717) is 6.42 Å². The Morgan fingerprint density at radius 1 is 1.15 bits per heavy atom. The van der Waals surface area contributed by atoms with Crippen LogP contribution in [0.15, 0.2) is 4.99 Å². The van der Waals surface area contributed by atoms with E-state index in [0.717, 1.165) is 4.90 Å². The van der Waals surface area contributed by atoms with Crippen molar-refractivity contribution in [3.05, 3.63) is 0 Å². The summed E-state index contributed by atoms with van der Waals surface area (Å²) in [7, 11) is 0. The average Bonchev–Trinajstić information content (AvgIpc) is 3.08. The highest BCUT2D eigenvalue weighted by molar-refractivity contribution is 5.95. The van der Waals surface area contributed by atoms with E-state index in [-0.39, 0.29) is 24.8 Å². The number of amides is 3. The lowest BCUT2D eigenvalue weighted by molar-refractivity contribution is -0.222. The Kier molecular flexibility index (Phi) is 6.95. The van der Waals surface area contributed by atoms with Gasteiger partial charge in [0.15, 0.2) is 0 Å². The number of rotatable bonds is 7. The fourth-order valence-electron chi connectivity index (χ4n) is 7.06. The van der Waals surface area contributed by atoms with Crippen LogP contribution in [0.1, 0.15) is 60.3 Å². The number of likely N-dealkylation sites (tertiary alicyclic amines) is 1. The second-order valence-electron chi connectivity index (χ2n) is 13.2. The van der Waals surface area contributed by atoms with Crippen molar-refractivity contribution < 1.29 is 41.4 Å². The molecule has 6 unspecified atom stereocenters. The van der Waals surface area contributed by atoms with Crippen LogP contribution in [0, 0.1) is 39.9 Å². The summed E-state index contributed by atoms with van der Waals surface area (Å²) >= 11 is 0. The number of piperidine rings is 1. The molecule has 40 heavy (non-hydrogen) atoms. The predicted molar refractivity (Wildman–Crippen MR) is 128 cm³/mol. The third-order valence-electron chi connectivity index (χ3n) is 9.06. The third-order valence-corrected chi connectivity index (χ3v) is 9.06. The van der Waals surface area contributed by atoms with E-state index in [4.69, 9.17) is 0 Å². The first-order chi connectivity index (χ1) is 18.1. The van der Waals surface area contributed by atoms with Gasteiger partial charge in [0.1, 0.15) is 18.1 Å². The van der Waals surface area contributed by atoms with Crippen LogP contribution in [0.5, 0.6) is 0 Å². The van der Waals surface area contributed by atoms with Crippen LogP contribution < -0.4 is 15.7 Å². The number of nitriles is 1. The van der Waals surface area contributed by atoms with Gasteiger partial charge in [-0.2, -0.15) is 18.4 Å². The molecule has 6 atom stereocenters. The highest BCUT2D eigenvalue weighted by Gasteiger charge is 2.71. The smallest absolute Gasteiger partial charge is 0.471 e. The molecule has 0 spiro atoms. The zero-order valence-electron chi connectivity index (χ0n) is 22.9. The Morgan fingerprint density at radius 2 is 1.75 bits per heavy atom. The number of aliphatic imine (C=N–C) groups is 1. The van der Waals surface area contributed by atoms with Crippen molar-refractivity contribution >= 4 is 23.6 Å². The zero-order chi connectivity index (χ0) is 30.2. The van der Waals surface area contributed by atoms with Gasteiger partial charge < -0.3 is 20.6 Å². The molecule has 2 saturated carbocycles. The van der Waals surface area contributed by atoms with Crippen molar-refractivity contribution in [2.45, 2.75) is 96.1 Å². The van der Waals surface area contributed by atoms with Gasteiger partial charge in [0.2, 0.25) is 17.7 Å². The van der Waals surface area contributed by atoms with E-state index >= 15 is 0 Å². The Labute approximate surface area is 228 Å². The molecule has 4 aliphatic rings. The van der Waals surface area contributed by atoms with E-state index in [1.54, 1.807) is 19.2 Å². The number of nitrogens with zero attached hydrogens (tertiary/aromatic N) is 3. The molecule has 0 aromatic rings. The van der Waals surface area contributed by atoms with Crippen LogP contribution >= 0.6 is 0 Å². The van der Waals surface area contributed by atoms with E-state index in [1.807, 2.05) is 19.9 Å². The number of carbonyl (C=O) groups is 3. The molecule has 0 aromatic heterocycles. The molecule has 1 saturated heterocycles. The molecule has 14 heteroatoms. The molecule has 3 fully saturated rings. The molecule has 2 heterocycles. The van der Waals surface area contributed by atoms with Crippen molar-refractivity contribution in [1.82, 2.24) is 15.5 Å². The van der Waals surface area contributed by atoms with Crippen molar-refractivity contribution in [2.24, 2.45) is 33.6 Å². The van der Waals surface area contributed by atoms with Gasteiger partial charge in [-0.3, -0.25) is 19.4 Å². The number of hydrogen-bond donors (Lipinski definition) is 2. The molecule has 0 aromatic carbocycles. The van der Waals surface area contributed by atoms with Crippen LogP contribution in [-0.2, 0) is 14.4 Å². The van der Waals surface area contributed by atoms with Crippen molar-refractivity contribution in [3.8, 4) is 6.07 Å². The minimum absolute atomic E-state index is 0.0103. The molecule has 3 amide bonds. The van der Waals surface area contributed by atoms with Crippen LogP contribution in [-0.4, -0.2) is 70.8 Å². The first-order valence-electron chi connectivity index (χ1n) is 13.1. The van der Waals surface area contributed by atoms with E-state index in [2.05, 4.69) is 10.3 Å². The third kappa shape index (κ3) is 5.35. The molecule has 4 rings (SSSR count). The van der Waals surface area contributed by atoms with Gasteiger partial charge in [0.25, 0.3) is 0 Å². The van der Waals surface area contributed by atoms with Gasteiger partial charge in [0.05, 0.1) is 11.6 Å². The maximum absolute atomic E-state index is 13.8. The summed E-state index contributed by atoms with van der Waals surface area (Å²) in [5.74, 6) is -9.00. The Hall–Kier alpha value is -2.98. The lowest BCUT2D eigenvalue weighted by Crippen LogP contribution is -2.66. The first-order valence-corrected chi connectivity index (χ1v) is 13.1. The highest BCUT2D eigenvalue weighted by Crippen LogP contribution is 2.65. The SMILES string of the molecule is CC1(C)CC(CC(C#N)NC(=O)C2C3C(CN2C(=O)C(NC(=O)C(F)(F)F)C2(C)CC(F)(F)C2)C3(C)C)C([O-])=N1. The van der Waals surface area contributed by atoms with E-state index < -0.39 is 89.0 Å². The van der Waals surface area contributed by atoms with Gasteiger partial charge >= 0.3 is 12.1 Å². The van der Waals surface area contributed by atoms with Gasteiger partial charge in [-0.15, -0.1) is 0 Å². The van der Waals surface area contributed by atoms with Gasteiger partial charge in [-0.25, -0.2) is 8.78 Å². The maximum atomic E-state index is 13.8. The molecule has 9 nitrogen and oxygen atoms in total. The van der Waals surface area contributed by atoms with E-state index in [9.17, 15) is 46.7 Å². The molecule has 2 aliphatic carbocycles. The second-order valence-corrected chi connectivity index (χ2v) is 13.2. The van der Waals surface area contributed by atoms with Crippen molar-refractivity contribution in [2.75, 3.05) is 6.54 Å². The topological polar surface area (TPSA) is 138 Å². The minimum Gasteiger partial charge on any atom is -0.862 e. The number of fused-ring (bicyclic) bond motifs is 1. The monoisotopic (exact) mass is 574 g/mol. The predicted octanol–water partition coefficient (Wildman–Crippen LogP) is 1.91. The number of alkyl halides is 5. The van der Waals surface area contributed by atoms with Crippen LogP contribution in [0.2, 0.25) is 0 Å². The first kappa shape index (κ1) is 30.0. The summed E-state index contributed by atoms with van der Waals surface area (Å²) < 4.78 is 67.0. The van der Waals surface area contributed by atoms with Crippen molar-refractivity contribution in [1.29, 1.82) is 5.26 Å². The average molecular weight is 575 g/mol. The lowest BCUT2D eigenvalue weighted by Gasteiger charge is -2.50. The summed E-state index contributed by atoms with van der Waals surface area (Å²) in [6, 6.07) is -2.29. The lowest BCUT2D eigenvalue weighted by atomic mass is 9.62. The normalized spacial score (nSPS) is 32.0. The van der Waals surface area contributed by atoms with Crippen LogP contribution in [0.4, 0.5) is 22.0 Å². The number of nitrogens with one attached hydrogen (secondary N) is 2. The Balaban J connectivity index is 1.56. The Bertz CT molecular complexity index is 1170. The molecular formula is C26H33F5N5O4-. The van der Waals surface area contributed by atoms with Crippen LogP contribution in [0.3, 0.4) is 0 Å². The summed E-state index contributed by atoms with van der Waals surface area (Å²) in [6.07, 6.45) is -6.81. The largest absolute Gasteiger partial charge is 0.862 e. The number of halogens is 5. The zero-order valence-corrected chi connectivity index (χ0v) is 22.9. The summed E-state index contributed by atoms with van der Waals surface area (Å²) in [5, 5.41) is 26.1. The highest BCUT2D eigenvalue weighted by atomic mass is 19.4. The molecule has 2 N–H and O–H groups in total. The molecular weight excluding hydrogens is 541 g/mol. The summed E-state index contributed by atoms with van der Waals surface area (Å²) in [6.45, 7) is 8.46. The molecule has 2 aliphatic heterocycles. The molecule has 0 radical (unpaired) electrons. The summed E-state index contributed by atoms with van der Waals surface area (Å²) in [5.41, 5.74) is -2.67. The second kappa shape index (κ2) is 9.27. The van der Waals surface area contributed by atoms with Crippen molar-refractivity contribution in [3.63, 3.8) is 0 Å². The fourth-order valence-corrected chi connectivity index (χ4v) is 7.06. The molecule has 222 valence electrons. The van der Waals surface area contributed by atoms with Gasteiger partial charge in [0, 0.05) is 24.8 Å². The van der Waals surface area contributed by atoms with E-state index in [1.165, 1.54) is 6.92 Å². The minimum atomic E-state index is -5.36. The van der Waals surface area contributed by atoms with Gasteiger partial charge in [-0.1, -0.05) is 20.8 Å². The number of carbonyl (C=O) groups excluding carboxylic acids is 3. The Morgan fingerprint density at radius 3 is 2.23 bits per heavy atom.